The minimum atomic E-state index is 0.745. The molecule has 2 heteroatoms. The number of piperidine rings is 1. The summed E-state index contributed by atoms with van der Waals surface area (Å²) in [4.78, 5) is 5.27. The van der Waals surface area contributed by atoms with E-state index < -0.39 is 0 Å². The van der Waals surface area contributed by atoms with Gasteiger partial charge in [-0.3, -0.25) is 9.80 Å². The summed E-state index contributed by atoms with van der Waals surface area (Å²) in [5.74, 6) is 0. The minimum Gasteiger partial charge on any atom is -0.298 e. The van der Waals surface area contributed by atoms with E-state index in [9.17, 15) is 0 Å². The van der Waals surface area contributed by atoms with Gasteiger partial charge >= 0.3 is 0 Å². The van der Waals surface area contributed by atoms with E-state index in [1.165, 1.54) is 26.1 Å². The van der Waals surface area contributed by atoms with E-state index in [4.69, 9.17) is 0 Å². The van der Waals surface area contributed by atoms with Crippen LogP contribution in [0.2, 0.25) is 0 Å². The van der Waals surface area contributed by atoms with E-state index >= 15 is 0 Å². The van der Waals surface area contributed by atoms with Gasteiger partial charge in [-0.2, -0.15) is 0 Å². The van der Waals surface area contributed by atoms with E-state index in [0.29, 0.717) is 0 Å². The van der Waals surface area contributed by atoms with Crippen molar-refractivity contribution in [3.05, 3.63) is 0 Å². The maximum absolute atomic E-state index is 2.65. The number of fused-ring (bicyclic) bond motifs is 2. The lowest BCUT2D eigenvalue weighted by Crippen LogP contribution is -2.69. The summed E-state index contributed by atoms with van der Waals surface area (Å²) in [6, 6.07) is 2.52. The first kappa shape index (κ1) is 8.52. The number of rotatable bonds is 2. The Kier molecular flexibility index (Phi) is 2.13. The molecule has 2 bridgehead atoms. The van der Waals surface area contributed by atoms with Crippen LogP contribution in [0.3, 0.4) is 0 Å². The van der Waals surface area contributed by atoms with Gasteiger partial charge in [0.05, 0.1) is 0 Å². The van der Waals surface area contributed by atoms with Gasteiger partial charge in [0.2, 0.25) is 0 Å². The molecule has 2 unspecified atom stereocenters. The van der Waals surface area contributed by atoms with Gasteiger partial charge in [-0.1, -0.05) is 6.92 Å². The highest BCUT2D eigenvalue weighted by atomic mass is 15.4. The smallest absolute Gasteiger partial charge is 0.0242 e. The van der Waals surface area contributed by atoms with Crippen LogP contribution in [0.5, 0.6) is 0 Å². The van der Waals surface area contributed by atoms with Crippen molar-refractivity contribution in [1.29, 1.82) is 0 Å². The Hall–Kier alpha value is -0.0800. The molecule has 2 nitrogen and oxygen atoms in total. The molecule has 0 amide bonds. The lowest BCUT2D eigenvalue weighted by Gasteiger charge is -2.57. The summed E-state index contributed by atoms with van der Waals surface area (Å²) < 4.78 is 0. The van der Waals surface area contributed by atoms with Crippen molar-refractivity contribution in [2.24, 2.45) is 0 Å². The molecule has 0 aromatic rings. The zero-order valence-electron chi connectivity index (χ0n) is 8.45. The molecule has 0 aromatic heterocycles. The Morgan fingerprint density at radius 2 is 1.83 bits per heavy atom. The standard InChI is InChI=1S/C10H20N2/c1-4-12-9-5-10(12)7-11(6-9)8(2)3/h8-10H,4-7H2,1-3H3. The zero-order chi connectivity index (χ0) is 8.72. The fraction of sp³-hybridized carbons (Fsp3) is 1.00. The zero-order valence-corrected chi connectivity index (χ0v) is 8.45. The summed E-state index contributed by atoms with van der Waals surface area (Å²) >= 11 is 0. The molecule has 3 saturated heterocycles. The topological polar surface area (TPSA) is 6.48 Å². The number of hydrogen-bond acceptors (Lipinski definition) is 2. The lowest BCUT2D eigenvalue weighted by molar-refractivity contribution is -0.0745. The first-order chi connectivity index (χ1) is 5.72. The van der Waals surface area contributed by atoms with Gasteiger partial charge in [0.25, 0.3) is 0 Å². The van der Waals surface area contributed by atoms with Crippen molar-refractivity contribution in [3.8, 4) is 0 Å². The largest absolute Gasteiger partial charge is 0.298 e. The van der Waals surface area contributed by atoms with Crippen LogP contribution >= 0.6 is 0 Å². The van der Waals surface area contributed by atoms with Crippen molar-refractivity contribution in [1.82, 2.24) is 9.80 Å². The third-order valence-electron chi connectivity index (χ3n) is 3.47. The van der Waals surface area contributed by atoms with Gasteiger partial charge in [0.15, 0.2) is 0 Å². The predicted molar refractivity (Wildman–Crippen MR) is 51.3 cm³/mol. The second-order valence-corrected chi connectivity index (χ2v) is 4.42. The first-order valence-corrected chi connectivity index (χ1v) is 5.22. The molecular weight excluding hydrogens is 148 g/mol. The number of piperazine rings is 1. The summed E-state index contributed by atoms with van der Waals surface area (Å²) in [6.45, 7) is 10.8. The van der Waals surface area contributed by atoms with Crippen LogP contribution in [-0.4, -0.2) is 47.6 Å². The van der Waals surface area contributed by atoms with Gasteiger partial charge in [0.1, 0.15) is 0 Å². The maximum atomic E-state index is 2.65. The molecule has 0 N–H and O–H groups in total. The second kappa shape index (κ2) is 3.00. The highest BCUT2D eigenvalue weighted by Crippen LogP contribution is 2.32. The first-order valence-electron chi connectivity index (χ1n) is 5.22. The maximum Gasteiger partial charge on any atom is 0.0242 e. The molecule has 3 aliphatic rings. The van der Waals surface area contributed by atoms with E-state index in [1.807, 2.05) is 0 Å². The lowest BCUT2D eigenvalue weighted by atomic mass is 9.87. The Balaban J connectivity index is 1.92. The quantitative estimate of drug-likeness (QED) is 0.611. The molecule has 3 fully saturated rings. The van der Waals surface area contributed by atoms with Crippen molar-refractivity contribution >= 4 is 0 Å². The van der Waals surface area contributed by atoms with Gasteiger partial charge in [0, 0.05) is 31.2 Å². The SMILES string of the molecule is CCN1C2CC1CN(C(C)C)C2. The van der Waals surface area contributed by atoms with Crippen LogP contribution < -0.4 is 0 Å². The van der Waals surface area contributed by atoms with E-state index in [-0.39, 0.29) is 0 Å². The molecule has 12 heavy (non-hydrogen) atoms. The molecule has 3 aliphatic heterocycles. The Morgan fingerprint density at radius 1 is 1.25 bits per heavy atom. The van der Waals surface area contributed by atoms with E-state index in [2.05, 4.69) is 30.6 Å². The van der Waals surface area contributed by atoms with Crippen molar-refractivity contribution < 1.29 is 0 Å². The molecule has 70 valence electrons. The normalized spacial score (nSPS) is 37.0. The van der Waals surface area contributed by atoms with Crippen LogP contribution in [-0.2, 0) is 0 Å². The summed E-state index contributed by atoms with van der Waals surface area (Å²) in [5.41, 5.74) is 0. The monoisotopic (exact) mass is 168 g/mol. The van der Waals surface area contributed by atoms with Gasteiger partial charge in [-0.15, -0.1) is 0 Å². The number of nitrogens with zero attached hydrogens (tertiary/aromatic N) is 2. The summed E-state index contributed by atoms with van der Waals surface area (Å²) in [6.07, 6.45) is 1.46. The highest BCUT2D eigenvalue weighted by molar-refractivity contribution is 5.00. The Labute approximate surface area is 75.5 Å². The minimum absolute atomic E-state index is 0.745. The third-order valence-corrected chi connectivity index (χ3v) is 3.47. The Bertz CT molecular complexity index is 155. The number of hydrogen-bond donors (Lipinski definition) is 0. The predicted octanol–water partition coefficient (Wildman–Crippen LogP) is 1.17. The fourth-order valence-corrected chi connectivity index (χ4v) is 2.66. The van der Waals surface area contributed by atoms with Crippen LogP contribution in [0.25, 0.3) is 0 Å². The average molecular weight is 168 g/mol. The van der Waals surface area contributed by atoms with Crippen molar-refractivity contribution in [2.45, 2.75) is 45.3 Å². The molecule has 0 saturated carbocycles. The third kappa shape index (κ3) is 1.17. The van der Waals surface area contributed by atoms with Crippen LogP contribution in [0, 0.1) is 0 Å². The van der Waals surface area contributed by atoms with E-state index in [1.54, 1.807) is 0 Å². The van der Waals surface area contributed by atoms with Crippen LogP contribution in [0.4, 0.5) is 0 Å². The molecule has 3 rings (SSSR count). The van der Waals surface area contributed by atoms with E-state index in [0.717, 1.165) is 18.1 Å². The molecule has 0 aromatic carbocycles. The van der Waals surface area contributed by atoms with Gasteiger partial charge in [-0.05, 0) is 26.8 Å². The van der Waals surface area contributed by atoms with Gasteiger partial charge < -0.3 is 0 Å². The highest BCUT2D eigenvalue weighted by Gasteiger charge is 2.43. The molecule has 0 aliphatic carbocycles. The van der Waals surface area contributed by atoms with Crippen molar-refractivity contribution in [2.75, 3.05) is 19.6 Å². The molecule has 2 atom stereocenters. The van der Waals surface area contributed by atoms with Crippen LogP contribution in [0.1, 0.15) is 27.2 Å². The Morgan fingerprint density at radius 3 is 2.25 bits per heavy atom. The molecule has 3 heterocycles. The second-order valence-electron chi connectivity index (χ2n) is 4.42. The van der Waals surface area contributed by atoms with Crippen molar-refractivity contribution in [3.63, 3.8) is 0 Å². The fourth-order valence-electron chi connectivity index (χ4n) is 2.66. The number of likely N-dealkylation sites (N-methyl/N-ethyl adjacent to an activating group) is 1. The summed E-state index contributed by atoms with van der Waals surface area (Å²) in [7, 11) is 0. The average Bonchev–Trinajstić information content (AvgIpc) is 2.05. The molecule has 0 spiro atoms. The molecule has 0 radical (unpaired) electrons. The summed E-state index contributed by atoms with van der Waals surface area (Å²) in [5, 5.41) is 0. The van der Waals surface area contributed by atoms with Gasteiger partial charge in [-0.25, -0.2) is 0 Å². The van der Waals surface area contributed by atoms with Crippen LogP contribution in [0.15, 0.2) is 0 Å². The molecular formula is C10H20N2.